The molecule has 166 valence electrons. The molecule has 0 aromatic heterocycles. The summed E-state index contributed by atoms with van der Waals surface area (Å²) in [6.07, 6.45) is 11.5. The van der Waals surface area contributed by atoms with Gasteiger partial charge >= 0.3 is 13.6 Å². The van der Waals surface area contributed by atoms with Gasteiger partial charge in [0.2, 0.25) is 0 Å². The van der Waals surface area contributed by atoms with Crippen LogP contribution < -0.4 is 0 Å². The van der Waals surface area contributed by atoms with Gasteiger partial charge in [-0.1, -0.05) is 28.9 Å². The topological polar surface area (TPSA) is 61.8 Å². The summed E-state index contributed by atoms with van der Waals surface area (Å²) in [5, 5.41) is 0. The SMILES string of the molecule is CCOP(=O)(OCC)[C@H]1CC[C@H](/C=C(\C)CC/C=C(\C)CCC=C(C)C)OC1=O. The van der Waals surface area contributed by atoms with Gasteiger partial charge in [-0.3, -0.25) is 9.36 Å². The fourth-order valence-corrected chi connectivity index (χ4v) is 5.28. The normalized spacial score (nSPS) is 21.1. The highest BCUT2D eigenvalue weighted by Gasteiger charge is 2.45. The molecule has 0 amide bonds. The molecule has 2 atom stereocenters. The molecule has 1 heterocycles. The van der Waals surface area contributed by atoms with Crippen molar-refractivity contribution in [2.45, 2.75) is 91.8 Å². The molecule has 0 saturated carbocycles. The van der Waals surface area contributed by atoms with Gasteiger partial charge in [-0.2, -0.15) is 0 Å². The van der Waals surface area contributed by atoms with Gasteiger partial charge in [0.05, 0.1) is 13.2 Å². The van der Waals surface area contributed by atoms with Crippen LogP contribution in [0, 0.1) is 0 Å². The molecule has 0 aliphatic carbocycles. The van der Waals surface area contributed by atoms with Crippen molar-refractivity contribution in [3.05, 3.63) is 34.9 Å². The highest BCUT2D eigenvalue weighted by molar-refractivity contribution is 7.55. The molecule has 1 aliphatic rings. The van der Waals surface area contributed by atoms with E-state index in [9.17, 15) is 9.36 Å². The van der Waals surface area contributed by atoms with Crippen LogP contribution in [0.15, 0.2) is 34.9 Å². The molecule has 1 fully saturated rings. The van der Waals surface area contributed by atoms with Crippen molar-refractivity contribution >= 4 is 13.6 Å². The number of ether oxygens (including phenoxy) is 1. The molecule has 0 bridgehead atoms. The molecular weight excluding hydrogens is 387 g/mol. The number of esters is 1. The summed E-state index contributed by atoms with van der Waals surface area (Å²) in [5.74, 6) is -0.481. The number of carbonyl (C=O) groups is 1. The standard InChI is InChI=1S/C23H39O5P/c1-7-26-29(25,27-8-2)22-16-15-21(28-23(22)24)17-20(6)14-10-13-19(5)12-9-11-18(3)4/h11,13,17,21-22H,7-10,12,14-16H2,1-6H3/b19-13+,20-17+/t21-,22+/m1/s1. The highest BCUT2D eigenvalue weighted by Crippen LogP contribution is 2.56. The van der Waals surface area contributed by atoms with Crippen LogP contribution in [0.3, 0.4) is 0 Å². The molecular formula is C23H39O5P. The van der Waals surface area contributed by atoms with Crippen LogP contribution in [0.4, 0.5) is 0 Å². The van der Waals surface area contributed by atoms with Crippen molar-refractivity contribution in [3.63, 3.8) is 0 Å². The lowest BCUT2D eigenvalue weighted by Crippen LogP contribution is -2.35. The van der Waals surface area contributed by atoms with E-state index >= 15 is 0 Å². The van der Waals surface area contributed by atoms with Crippen LogP contribution in [0.1, 0.15) is 80.1 Å². The fourth-order valence-electron chi connectivity index (χ4n) is 3.35. The van der Waals surface area contributed by atoms with Gasteiger partial charge in [0.25, 0.3) is 0 Å². The third kappa shape index (κ3) is 9.46. The summed E-state index contributed by atoms with van der Waals surface area (Å²) >= 11 is 0. The van der Waals surface area contributed by atoms with Crippen LogP contribution >= 0.6 is 7.60 Å². The van der Waals surface area contributed by atoms with Crippen LogP contribution in [0.25, 0.3) is 0 Å². The first kappa shape index (κ1) is 25.9. The van der Waals surface area contributed by atoms with Gasteiger partial charge < -0.3 is 13.8 Å². The Morgan fingerprint density at radius 1 is 1.00 bits per heavy atom. The number of allylic oxidation sites excluding steroid dienone is 5. The second-order valence-electron chi connectivity index (χ2n) is 7.87. The second kappa shape index (κ2) is 13.2. The summed E-state index contributed by atoms with van der Waals surface area (Å²) in [7, 11) is -3.46. The zero-order chi connectivity index (χ0) is 21.9. The van der Waals surface area contributed by atoms with E-state index in [1.807, 2.05) is 6.08 Å². The molecule has 1 saturated heterocycles. The molecule has 5 nitrogen and oxygen atoms in total. The smallest absolute Gasteiger partial charge is 0.344 e. The first-order valence-electron chi connectivity index (χ1n) is 10.8. The lowest BCUT2D eigenvalue weighted by Gasteiger charge is -2.31. The molecule has 0 radical (unpaired) electrons. The monoisotopic (exact) mass is 426 g/mol. The molecule has 0 unspecified atom stereocenters. The Morgan fingerprint density at radius 2 is 1.59 bits per heavy atom. The predicted molar refractivity (Wildman–Crippen MR) is 119 cm³/mol. The Hall–Kier alpha value is -1.16. The maximum Gasteiger partial charge on any atom is 0.344 e. The summed E-state index contributed by atoms with van der Waals surface area (Å²) in [6.45, 7) is 12.5. The molecule has 1 rings (SSSR count). The Balaban J connectivity index is 2.54. The first-order valence-corrected chi connectivity index (χ1v) is 12.4. The van der Waals surface area contributed by atoms with Gasteiger partial charge in [0.1, 0.15) is 6.10 Å². The van der Waals surface area contributed by atoms with Crippen LogP contribution in [-0.2, 0) is 23.1 Å². The second-order valence-corrected chi connectivity index (χ2v) is 10.1. The van der Waals surface area contributed by atoms with Crippen molar-refractivity contribution in [3.8, 4) is 0 Å². The third-order valence-corrected chi connectivity index (χ3v) is 7.33. The van der Waals surface area contributed by atoms with Crippen LogP contribution in [-0.4, -0.2) is 30.9 Å². The zero-order valence-electron chi connectivity index (χ0n) is 19.0. The zero-order valence-corrected chi connectivity index (χ0v) is 19.9. The number of rotatable bonds is 12. The fraction of sp³-hybridized carbons (Fsp3) is 0.696. The van der Waals surface area contributed by atoms with Crippen molar-refractivity contribution in [2.24, 2.45) is 0 Å². The molecule has 1 aliphatic heterocycles. The molecule has 0 spiro atoms. The Labute approximate surface area is 177 Å². The van der Waals surface area contributed by atoms with Gasteiger partial charge in [-0.25, -0.2) is 0 Å². The number of hydrogen-bond acceptors (Lipinski definition) is 5. The van der Waals surface area contributed by atoms with Crippen LogP contribution in [0.2, 0.25) is 0 Å². The minimum atomic E-state index is -3.46. The highest BCUT2D eigenvalue weighted by atomic mass is 31.2. The van der Waals surface area contributed by atoms with Gasteiger partial charge in [-0.15, -0.1) is 0 Å². The summed E-state index contributed by atoms with van der Waals surface area (Å²) in [4.78, 5) is 12.4. The Bertz CT molecular complexity index is 648. The number of carbonyl (C=O) groups excluding carboxylic acids is 1. The average molecular weight is 427 g/mol. The van der Waals surface area contributed by atoms with E-state index in [0.29, 0.717) is 12.8 Å². The van der Waals surface area contributed by atoms with E-state index in [2.05, 4.69) is 39.8 Å². The summed E-state index contributed by atoms with van der Waals surface area (Å²) < 4.78 is 29.0. The van der Waals surface area contributed by atoms with E-state index in [-0.39, 0.29) is 19.3 Å². The Kier molecular flexibility index (Phi) is 11.8. The number of cyclic esters (lactones) is 1. The summed E-state index contributed by atoms with van der Waals surface area (Å²) in [6, 6.07) is 0. The molecule has 0 aromatic carbocycles. The van der Waals surface area contributed by atoms with E-state index in [0.717, 1.165) is 25.7 Å². The van der Waals surface area contributed by atoms with E-state index in [1.54, 1.807) is 13.8 Å². The predicted octanol–water partition coefficient (Wildman–Crippen LogP) is 6.75. The van der Waals surface area contributed by atoms with E-state index in [1.165, 1.54) is 16.7 Å². The largest absolute Gasteiger partial charge is 0.457 e. The molecule has 0 aromatic rings. The molecule has 0 N–H and O–H groups in total. The Morgan fingerprint density at radius 3 is 2.14 bits per heavy atom. The molecule has 29 heavy (non-hydrogen) atoms. The van der Waals surface area contributed by atoms with Crippen molar-refractivity contribution in [1.82, 2.24) is 0 Å². The van der Waals surface area contributed by atoms with Crippen molar-refractivity contribution in [1.29, 1.82) is 0 Å². The van der Waals surface area contributed by atoms with Gasteiger partial charge in [-0.05, 0) is 86.1 Å². The summed E-state index contributed by atoms with van der Waals surface area (Å²) in [5.41, 5.74) is 3.15. The maximum atomic E-state index is 12.9. The maximum absolute atomic E-state index is 12.9. The minimum Gasteiger partial charge on any atom is -0.457 e. The van der Waals surface area contributed by atoms with E-state index < -0.39 is 19.2 Å². The average Bonchev–Trinajstić information content (AvgIpc) is 2.61. The lowest BCUT2D eigenvalue weighted by atomic mass is 10.0. The lowest BCUT2D eigenvalue weighted by molar-refractivity contribution is -0.150. The van der Waals surface area contributed by atoms with Gasteiger partial charge in [0, 0.05) is 0 Å². The third-order valence-electron chi connectivity index (χ3n) is 4.86. The van der Waals surface area contributed by atoms with Gasteiger partial charge in [0.15, 0.2) is 5.66 Å². The van der Waals surface area contributed by atoms with Crippen molar-refractivity contribution in [2.75, 3.05) is 13.2 Å². The quantitative estimate of drug-likeness (QED) is 0.196. The molecule has 6 heteroatoms. The first-order chi connectivity index (χ1) is 13.7. The van der Waals surface area contributed by atoms with E-state index in [4.69, 9.17) is 13.8 Å². The number of hydrogen-bond donors (Lipinski definition) is 0. The van der Waals surface area contributed by atoms with Crippen LogP contribution in [0.5, 0.6) is 0 Å². The minimum absolute atomic E-state index is 0.241. The van der Waals surface area contributed by atoms with Crippen molar-refractivity contribution < 1.29 is 23.1 Å².